The van der Waals surface area contributed by atoms with Gasteiger partial charge in [-0.25, -0.2) is 0 Å². The van der Waals surface area contributed by atoms with Gasteiger partial charge in [0.25, 0.3) is 0 Å². The molecule has 0 radical (unpaired) electrons. The van der Waals surface area contributed by atoms with Crippen molar-refractivity contribution >= 4 is 0 Å². The van der Waals surface area contributed by atoms with E-state index in [1.165, 1.54) is 12.0 Å². The molecular formula is C10H18O. The molecule has 0 spiro atoms. The van der Waals surface area contributed by atoms with Crippen LogP contribution in [-0.4, -0.2) is 11.2 Å². The number of hydrogen-bond acceptors (Lipinski definition) is 1. The van der Waals surface area contributed by atoms with Crippen LogP contribution in [0, 0.1) is 11.3 Å². The molecular weight excluding hydrogens is 136 g/mol. The molecule has 0 aromatic carbocycles. The van der Waals surface area contributed by atoms with E-state index < -0.39 is 0 Å². The summed E-state index contributed by atoms with van der Waals surface area (Å²) in [6.45, 7) is 10.0. The maximum absolute atomic E-state index is 9.51. The molecule has 1 saturated carbocycles. The number of aliphatic hydroxyl groups excluding tert-OH is 1. The Hall–Kier alpha value is -0.300. The SMILES string of the molecule is C=C(C)[C@@H]1CC[C@]1(C)C(C)O. The Kier molecular flexibility index (Phi) is 2.10. The van der Waals surface area contributed by atoms with Gasteiger partial charge in [-0.2, -0.15) is 0 Å². The van der Waals surface area contributed by atoms with Crippen molar-refractivity contribution in [2.75, 3.05) is 0 Å². The predicted octanol–water partition coefficient (Wildman–Crippen LogP) is 2.36. The molecule has 0 aliphatic heterocycles. The molecule has 0 aromatic heterocycles. The van der Waals surface area contributed by atoms with Crippen molar-refractivity contribution in [1.29, 1.82) is 0 Å². The third-order valence-electron chi connectivity index (χ3n) is 3.32. The first-order valence-corrected chi connectivity index (χ1v) is 4.32. The summed E-state index contributed by atoms with van der Waals surface area (Å²) >= 11 is 0. The quantitative estimate of drug-likeness (QED) is 0.605. The van der Waals surface area contributed by atoms with Crippen molar-refractivity contribution in [3.8, 4) is 0 Å². The van der Waals surface area contributed by atoms with E-state index in [9.17, 15) is 5.11 Å². The largest absolute Gasteiger partial charge is 0.393 e. The molecule has 1 aliphatic carbocycles. The fourth-order valence-corrected chi connectivity index (χ4v) is 2.05. The van der Waals surface area contributed by atoms with Gasteiger partial charge in [0, 0.05) is 0 Å². The average Bonchev–Trinajstić information content (AvgIpc) is 1.82. The second-order valence-electron chi connectivity index (χ2n) is 4.12. The van der Waals surface area contributed by atoms with E-state index in [0.717, 1.165) is 6.42 Å². The highest BCUT2D eigenvalue weighted by molar-refractivity contribution is 5.11. The summed E-state index contributed by atoms with van der Waals surface area (Å²) in [5.74, 6) is 0.544. The molecule has 0 amide bonds. The van der Waals surface area contributed by atoms with E-state index in [2.05, 4.69) is 20.4 Å². The van der Waals surface area contributed by atoms with Crippen molar-refractivity contribution in [2.24, 2.45) is 11.3 Å². The van der Waals surface area contributed by atoms with E-state index in [4.69, 9.17) is 0 Å². The van der Waals surface area contributed by atoms with E-state index in [-0.39, 0.29) is 11.5 Å². The molecule has 1 unspecified atom stereocenters. The van der Waals surface area contributed by atoms with Gasteiger partial charge in [-0.05, 0) is 38.0 Å². The van der Waals surface area contributed by atoms with Gasteiger partial charge in [0.1, 0.15) is 0 Å². The molecule has 1 N–H and O–H groups in total. The molecule has 1 rings (SSSR count). The first kappa shape index (κ1) is 8.79. The topological polar surface area (TPSA) is 20.2 Å². The minimum absolute atomic E-state index is 0.117. The van der Waals surface area contributed by atoms with Gasteiger partial charge in [0.15, 0.2) is 0 Å². The smallest absolute Gasteiger partial charge is 0.0571 e. The fraction of sp³-hybridized carbons (Fsp3) is 0.800. The van der Waals surface area contributed by atoms with Gasteiger partial charge < -0.3 is 5.11 Å². The molecule has 64 valence electrons. The lowest BCUT2D eigenvalue weighted by Crippen LogP contribution is -2.46. The molecule has 1 fully saturated rings. The number of allylic oxidation sites excluding steroid dienone is 1. The van der Waals surface area contributed by atoms with Crippen LogP contribution in [0.5, 0.6) is 0 Å². The minimum atomic E-state index is -0.196. The lowest BCUT2D eigenvalue weighted by Gasteiger charge is -2.50. The number of aliphatic hydroxyl groups is 1. The summed E-state index contributed by atoms with van der Waals surface area (Å²) in [7, 11) is 0. The van der Waals surface area contributed by atoms with Crippen LogP contribution in [0.4, 0.5) is 0 Å². The monoisotopic (exact) mass is 154 g/mol. The molecule has 1 aliphatic rings. The van der Waals surface area contributed by atoms with Gasteiger partial charge in [-0.15, -0.1) is 0 Å². The molecule has 1 nitrogen and oxygen atoms in total. The highest BCUT2D eigenvalue weighted by Gasteiger charge is 2.46. The molecule has 0 bridgehead atoms. The highest BCUT2D eigenvalue weighted by atomic mass is 16.3. The summed E-state index contributed by atoms with van der Waals surface area (Å²) in [6.07, 6.45) is 2.15. The molecule has 0 saturated heterocycles. The zero-order chi connectivity index (χ0) is 8.65. The summed E-state index contributed by atoms with van der Waals surface area (Å²) in [5.41, 5.74) is 1.34. The van der Waals surface area contributed by atoms with Crippen molar-refractivity contribution < 1.29 is 5.11 Å². The van der Waals surface area contributed by atoms with Crippen molar-refractivity contribution in [2.45, 2.75) is 39.7 Å². The normalized spacial score (nSPS) is 39.5. The third-order valence-corrected chi connectivity index (χ3v) is 3.32. The van der Waals surface area contributed by atoms with Crippen LogP contribution in [0.15, 0.2) is 12.2 Å². The Morgan fingerprint density at radius 3 is 2.36 bits per heavy atom. The van der Waals surface area contributed by atoms with Crippen molar-refractivity contribution in [3.63, 3.8) is 0 Å². The van der Waals surface area contributed by atoms with Crippen molar-refractivity contribution in [1.82, 2.24) is 0 Å². The van der Waals surface area contributed by atoms with Crippen LogP contribution >= 0.6 is 0 Å². The minimum Gasteiger partial charge on any atom is -0.393 e. The average molecular weight is 154 g/mol. The van der Waals surface area contributed by atoms with Gasteiger partial charge in [-0.3, -0.25) is 0 Å². The van der Waals surface area contributed by atoms with Crippen LogP contribution in [0.25, 0.3) is 0 Å². The maximum atomic E-state index is 9.51. The van der Waals surface area contributed by atoms with Crippen LogP contribution in [0.2, 0.25) is 0 Å². The molecule has 11 heavy (non-hydrogen) atoms. The fourth-order valence-electron chi connectivity index (χ4n) is 2.05. The number of rotatable bonds is 2. The Morgan fingerprint density at radius 2 is 2.27 bits per heavy atom. The summed E-state index contributed by atoms with van der Waals surface area (Å²) in [6, 6.07) is 0. The predicted molar refractivity (Wildman–Crippen MR) is 47.3 cm³/mol. The van der Waals surface area contributed by atoms with Gasteiger partial charge in [0.05, 0.1) is 6.10 Å². The third kappa shape index (κ3) is 1.22. The van der Waals surface area contributed by atoms with Gasteiger partial charge >= 0.3 is 0 Å². The lowest BCUT2D eigenvalue weighted by molar-refractivity contribution is -0.0488. The zero-order valence-electron chi connectivity index (χ0n) is 7.72. The summed E-state index contributed by atoms with van der Waals surface area (Å²) < 4.78 is 0. The van der Waals surface area contributed by atoms with Gasteiger partial charge in [-0.1, -0.05) is 19.1 Å². The Morgan fingerprint density at radius 1 is 1.73 bits per heavy atom. The molecule has 1 heteroatoms. The van der Waals surface area contributed by atoms with Crippen LogP contribution in [0.3, 0.4) is 0 Å². The van der Waals surface area contributed by atoms with E-state index >= 15 is 0 Å². The molecule has 3 atom stereocenters. The van der Waals surface area contributed by atoms with Gasteiger partial charge in [0.2, 0.25) is 0 Å². The van der Waals surface area contributed by atoms with E-state index in [1.807, 2.05) is 6.92 Å². The highest BCUT2D eigenvalue weighted by Crippen LogP contribution is 2.51. The second kappa shape index (κ2) is 2.63. The summed E-state index contributed by atoms with van der Waals surface area (Å²) in [4.78, 5) is 0. The second-order valence-corrected chi connectivity index (χ2v) is 4.12. The Balaban J connectivity index is 2.67. The van der Waals surface area contributed by atoms with Crippen LogP contribution in [0.1, 0.15) is 33.6 Å². The first-order chi connectivity index (χ1) is 4.98. The standard InChI is InChI=1S/C10H18O/c1-7(2)9-5-6-10(9,4)8(3)11/h8-9,11H,1,5-6H2,2-4H3/t8?,9-,10+/m0/s1. The Bertz CT molecular complexity index is 172. The lowest BCUT2D eigenvalue weighted by atomic mass is 9.56. The number of hydrogen-bond donors (Lipinski definition) is 1. The summed E-state index contributed by atoms with van der Waals surface area (Å²) in [5, 5.41) is 9.51. The van der Waals surface area contributed by atoms with Crippen LogP contribution in [-0.2, 0) is 0 Å². The van der Waals surface area contributed by atoms with E-state index in [0.29, 0.717) is 5.92 Å². The molecule has 0 heterocycles. The molecule has 0 aromatic rings. The zero-order valence-corrected chi connectivity index (χ0v) is 7.72. The van der Waals surface area contributed by atoms with Crippen LogP contribution < -0.4 is 0 Å². The first-order valence-electron chi connectivity index (χ1n) is 4.32. The maximum Gasteiger partial charge on any atom is 0.0571 e. The van der Waals surface area contributed by atoms with Crippen molar-refractivity contribution in [3.05, 3.63) is 12.2 Å². The van der Waals surface area contributed by atoms with E-state index in [1.54, 1.807) is 0 Å². The Labute approximate surface area is 69.1 Å².